The van der Waals surface area contributed by atoms with Crippen molar-refractivity contribution in [1.82, 2.24) is 4.90 Å². The number of anilines is 1. The average Bonchev–Trinajstić information content (AvgIpc) is 2.69. The first kappa shape index (κ1) is 19.3. The number of alkyl halides is 2. The molecular formula is C20H17F2N3O3. The largest absolute Gasteiger partial charge is 0.435 e. The quantitative estimate of drug-likeness (QED) is 0.811. The maximum absolute atomic E-state index is 12.8. The van der Waals surface area contributed by atoms with Crippen LogP contribution in [0.3, 0.4) is 0 Å². The van der Waals surface area contributed by atoms with Crippen molar-refractivity contribution in [3.63, 3.8) is 0 Å². The molecule has 1 heterocycles. The lowest BCUT2D eigenvalue weighted by Crippen LogP contribution is -2.57. The zero-order chi connectivity index (χ0) is 20.3. The van der Waals surface area contributed by atoms with Gasteiger partial charge in [-0.05, 0) is 43.3 Å². The molecule has 0 aliphatic carbocycles. The van der Waals surface area contributed by atoms with Gasteiger partial charge in [0.2, 0.25) is 5.91 Å². The number of nitriles is 1. The Bertz CT molecular complexity index is 925. The van der Waals surface area contributed by atoms with E-state index in [9.17, 15) is 23.6 Å². The Labute approximate surface area is 160 Å². The Morgan fingerprint density at radius 1 is 1.21 bits per heavy atom. The van der Waals surface area contributed by atoms with Crippen molar-refractivity contribution in [1.29, 1.82) is 5.26 Å². The minimum Gasteiger partial charge on any atom is -0.435 e. The van der Waals surface area contributed by atoms with Gasteiger partial charge < -0.3 is 14.5 Å². The molecule has 1 atom stereocenters. The topological polar surface area (TPSA) is 73.6 Å². The van der Waals surface area contributed by atoms with Gasteiger partial charge in [-0.2, -0.15) is 14.0 Å². The third-order valence-corrected chi connectivity index (χ3v) is 4.49. The van der Waals surface area contributed by atoms with Crippen LogP contribution >= 0.6 is 0 Å². The van der Waals surface area contributed by atoms with Gasteiger partial charge in [-0.1, -0.05) is 12.1 Å². The van der Waals surface area contributed by atoms with Gasteiger partial charge in [-0.3, -0.25) is 9.59 Å². The summed E-state index contributed by atoms with van der Waals surface area (Å²) < 4.78 is 28.7. The second-order valence-electron chi connectivity index (χ2n) is 6.32. The molecule has 1 aliphatic rings. The normalized spacial score (nSPS) is 16.8. The smallest absolute Gasteiger partial charge is 0.387 e. The molecular weight excluding hydrogens is 368 g/mol. The number of rotatable bonds is 4. The molecule has 0 N–H and O–H groups in total. The number of ether oxygens (including phenoxy) is 1. The number of nitrogens with zero attached hydrogens (tertiary/aromatic N) is 3. The zero-order valence-corrected chi connectivity index (χ0v) is 15.0. The van der Waals surface area contributed by atoms with E-state index in [1.165, 1.54) is 34.1 Å². The van der Waals surface area contributed by atoms with E-state index in [0.717, 1.165) is 0 Å². The highest BCUT2D eigenvalue weighted by Crippen LogP contribution is 2.25. The van der Waals surface area contributed by atoms with Gasteiger partial charge in [0.25, 0.3) is 5.91 Å². The van der Waals surface area contributed by atoms with Gasteiger partial charge in [0.05, 0.1) is 11.3 Å². The number of piperazine rings is 1. The molecule has 6 nitrogen and oxygen atoms in total. The zero-order valence-electron chi connectivity index (χ0n) is 15.0. The van der Waals surface area contributed by atoms with Gasteiger partial charge >= 0.3 is 6.61 Å². The van der Waals surface area contributed by atoms with E-state index in [2.05, 4.69) is 10.8 Å². The fourth-order valence-corrected chi connectivity index (χ4v) is 3.10. The fourth-order valence-electron chi connectivity index (χ4n) is 3.10. The monoisotopic (exact) mass is 385 g/mol. The van der Waals surface area contributed by atoms with Crippen LogP contribution in [0.25, 0.3) is 0 Å². The standard InChI is InChI=1S/C20H17F2N3O3/c1-13-11-25(17-5-3-2-4-15(17)10-23)18(26)12-24(13)19(27)14-6-8-16(9-7-14)28-20(21)22/h2-9,13,20H,11-12H2,1H3. The number of benzene rings is 2. The van der Waals surface area contributed by atoms with Crippen molar-refractivity contribution in [2.24, 2.45) is 0 Å². The molecule has 0 spiro atoms. The maximum atomic E-state index is 12.8. The third kappa shape index (κ3) is 3.93. The number of halogens is 2. The lowest BCUT2D eigenvalue weighted by molar-refractivity contribution is -0.121. The van der Waals surface area contributed by atoms with Crippen molar-refractivity contribution < 1.29 is 23.1 Å². The van der Waals surface area contributed by atoms with Crippen molar-refractivity contribution >= 4 is 17.5 Å². The molecule has 0 bridgehead atoms. The number of hydrogen-bond acceptors (Lipinski definition) is 4. The van der Waals surface area contributed by atoms with Crippen LogP contribution in [0, 0.1) is 11.3 Å². The van der Waals surface area contributed by atoms with Crippen LogP contribution in [0.2, 0.25) is 0 Å². The van der Waals surface area contributed by atoms with Crippen molar-refractivity contribution in [3.8, 4) is 11.8 Å². The summed E-state index contributed by atoms with van der Waals surface area (Å²) in [7, 11) is 0. The van der Waals surface area contributed by atoms with Gasteiger partial charge in [0.1, 0.15) is 18.4 Å². The summed E-state index contributed by atoms with van der Waals surface area (Å²) in [5, 5.41) is 9.26. The van der Waals surface area contributed by atoms with Crippen molar-refractivity contribution in [2.45, 2.75) is 19.6 Å². The highest BCUT2D eigenvalue weighted by Gasteiger charge is 2.34. The second-order valence-corrected chi connectivity index (χ2v) is 6.32. The Balaban J connectivity index is 1.76. The maximum Gasteiger partial charge on any atom is 0.387 e. The molecule has 1 fully saturated rings. The molecule has 2 amide bonds. The van der Waals surface area contributed by atoms with Crippen LogP contribution in [-0.2, 0) is 4.79 Å². The van der Waals surface area contributed by atoms with E-state index in [1.807, 2.05) is 0 Å². The Hall–Kier alpha value is -3.47. The molecule has 1 aliphatic heterocycles. The number of carbonyl (C=O) groups is 2. The highest BCUT2D eigenvalue weighted by molar-refractivity contribution is 6.02. The van der Waals surface area contributed by atoms with Crippen LogP contribution in [0.4, 0.5) is 14.5 Å². The summed E-state index contributed by atoms with van der Waals surface area (Å²) >= 11 is 0. The second kappa shape index (κ2) is 8.05. The van der Waals surface area contributed by atoms with Crippen molar-refractivity contribution in [3.05, 3.63) is 59.7 Å². The van der Waals surface area contributed by atoms with Crippen LogP contribution in [0.5, 0.6) is 5.75 Å². The minimum absolute atomic E-state index is 0.0476. The first-order valence-electron chi connectivity index (χ1n) is 8.56. The van der Waals surface area contributed by atoms with Crippen LogP contribution in [0.15, 0.2) is 48.5 Å². The molecule has 1 unspecified atom stereocenters. The van der Waals surface area contributed by atoms with E-state index in [4.69, 9.17) is 0 Å². The van der Waals surface area contributed by atoms with Gasteiger partial charge in [0, 0.05) is 18.2 Å². The predicted molar refractivity (Wildman–Crippen MR) is 97.1 cm³/mol. The van der Waals surface area contributed by atoms with Crippen LogP contribution in [-0.4, -0.2) is 42.5 Å². The Kier molecular flexibility index (Phi) is 5.54. The van der Waals surface area contributed by atoms with Gasteiger partial charge in [-0.15, -0.1) is 0 Å². The molecule has 144 valence electrons. The fraction of sp³-hybridized carbons (Fsp3) is 0.250. The van der Waals surface area contributed by atoms with E-state index in [-0.39, 0.29) is 42.3 Å². The van der Waals surface area contributed by atoms with Gasteiger partial charge in [-0.25, -0.2) is 0 Å². The highest BCUT2D eigenvalue weighted by atomic mass is 19.3. The molecule has 0 aromatic heterocycles. The molecule has 28 heavy (non-hydrogen) atoms. The molecule has 2 aromatic rings. The number of amides is 2. The van der Waals surface area contributed by atoms with E-state index >= 15 is 0 Å². The summed E-state index contributed by atoms with van der Waals surface area (Å²) in [5.41, 5.74) is 1.17. The molecule has 0 saturated carbocycles. The van der Waals surface area contributed by atoms with Crippen LogP contribution in [0.1, 0.15) is 22.8 Å². The third-order valence-electron chi connectivity index (χ3n) is 4.49. The summed E-state index contributed by atoms with van der Waals surface area (Å²) in [6.45, 7) is -1.03. The van der Waals surface area contributed by atoms with E-state index in [1.54, 1.807) is 31.2 Å². The summed E-state index contributed by atoms with van der Waals surface area (Å²) in [4.78, 5) is 28.4. The molecule has 2 aromatic carbocycles. The molecule has 8 heteroatoms. The van der Waals surface area contributed by atoms with Crippen molar-refractivity contribution in [2.75, 3.05) is 18.0 Å². The van der Waals surface area contributed by atoms with E-state index in [0.29, 0.717) is 11.3 Å². The molecule has 3 rings (SSSR count). The lowest BCUT2D eigenvalue weighted by Gasteiger charge is -2.39. The van der Waals surface area contributed by atoms with E-state index < -0.39 is 6.61 Å². The summed E-state index contributed by atoms with van der Waals surface area (Å²) in [5.74, 6) is -0.724. The summed E-state index contributed by atoms with van der Waals surface area (Å²) in [6.07, 6.45) is 0. The Morgan fingerprint density at radius 3 is 2.54 bits per heavy atom. The number of hydrogen-bond donors (Lipinski definition) is 0. The molecule has 1 saturated heterocycles. The first-order valence-corrected chi connectivity index (χ1v) is 8.56. The SMILES string of the molecule is CC1CN(c2ccccc2C#N)C(=O)CN1C(=O)c1ccc(OC(F)F)cc1. The van der Waals surface area contributed by atoms with Gasteiger partial charge in [0.15, 0.2) is 0 Å². The van der Waals surface area contributed by atoms with Crippen LogP contribution < -0.4 is 9.64 Å². The summed E-state index contributed by atoms with van der Waals surface area (Å²) in [6, 6.07) is 13.9. The lowest BCUT2D eigenvalue weighted by atomic mass is 10.1. The predicted octanol–water partition coefficient (Wildman–Crippen LogP) is 3.04. The molecule has 0 radical (unpaired) electrons. The Morgan fingerprint density at radius 2 is 1.89 bits per heavy atom. The minimum atomic E-state index is -2.94. The number of para-hydroxylation sites is 1. The number of carbonyl (C=O) groups excluding carboxylic acids is 2. The average molecular weight is 385 g/mol. The first-order chi connectivity index (χ1) is 13.4.